The Hall–Kier alpha value is -2.73. The van der Waals surface area contributed by atoms with Crippen LogP contribution >= 0.6 is 0 Å². The van der Waals surface area contributed by atoms with E-state index in [-0.39, 0.29) is 38.4 Å². The number of β-amino-alcohol motifs (C(OH)–C–C–N with tert-alkyl or cyclic N) is 4. The third-order valence-electron chi connectivity index (χ3n) is 8.51. The van der Waals surface area contributed by atoms with E-state index >= 15 is 0 Å². The second kappa shape index (κ2) is 19.1. The summed E-state index contributed by atoms with van der Waals surface area (Å²) in [5, 5.41) is 45.8. The SMILES string of the molecule is Nc1nc(Nc2ccc(CC3CN(CCO)CCN(CCO)CCN(CCO)CCN3CCO)cc2)nc(N2CCNCC2)n1. The van der Waals surface area contributed by atoms with Crippen molar-refractivity contribution in [3.63, 3.8) is 0 Å². The van der Waals surface area contributed by atoms with E-state index in [1.165, 1.54) is 0 Å². The minimum absolute atomic E-state index is 0.0502. The summed E-state index contributed by atoms with van der Waals surface area (Å²) in [5.74, 6) is 1.15. The van der Waals surface area contributed by atoms with Gasteiger partial charge < -0.3 is 41.7 Å². The van der Waals surface area contributed by atoms with Crippen molar-refractivity contribution in [2.24, 2.45) is 0 Å². The largest absolute Gasteiger partial charge is 0.395 e. The maximum atomic E-state index is 10.0. The van der Waals surface area contributed by atoms with Gasteiger partial charge in [-0.3, -0.25) is 19.6 Å². The summed E-state index contributed by atoms with van der Waals surface area (Å²) in [6.45, 7) is 11.3. The third kappa shape index (κ3) is 11.5. The van der Waals surface area contributed by atoms with Crippen LogP contribution in [0.25, 0.3) is 0 Å². The number of nitrogens with one attached hydrogen (secondary N) is 2. The number of benzene rings is 1. The molecule has 2 aromatic rings. The number of aliphatic hydroxyl groups excluding tert-OH is 4. The van der Waals surface area contributed by atoms with E-state index in [0.717, 1.165) is 89.7 Å². The number of nitrogens with zero attached hydrogens (tertiary/aromatic N) is 8. The van der Waals surface area contributed by atoms with Crippen molar-refractivity contribution in [1.29, 1.82) is 0 Å². The van der Waals surface area contributed by atoms with Gasteiger partial charge in [0, 0.05) is 110 Å². The number of piperazine rings is 1. The zero-order valence-electron chi connectivity index (χ0n) is 26.5. The van der Waals surface area contributed by atoms with Gasteiger partial charge in [-0.25, -0.2) is 0 Å². The Bertz CT molecular complexity index is 1110. The van der Waals surface area contributed by atoms with Crippen LogP contribution in [-0.2, 0) is 6.42 Å². The van der Waals surface area contributed by atoms with Gasteiger partial charge in [-0.05, 0) is 24.1 Å². The first-order chi connectivity index (χ1) is 22.0. The van der Waals surface area contributed by atoms with Gasteiger partial charge in [-0.15, -0.1) is 0 Å². The molecule has 4 rings (SSSR count). The summed E-state index contributed by atoms with van der Waals surface area (Å²) in [5.41, 5.74) is 8.00. The molecule has 1 atom stereocenters. The number of anilines is 4. The smallest absolute Gasteiger partial charge is 0.233 e. The first-order valence-electron chi connectivity index (χ1n) is 16.2. The van der Waals surface area contributed by atoms with Crippen LogP contribution in [0.1, 0.15) is 5.56 Å². The molecular weight excluding hydrogens is 578 g/mol. The van der Waals surface area contributed by atoms with Crippen LogP contribution in [0.5, 0.6) is 0 Å². The minimum Gasteiger partial charge on any atom is -0.395 e. The van der Waals surface area contributed by atoms with Gasteiger partial charge in [0.2, 0.25) is 17.8 Å². The van der Waals surface area contributed by atoms with Gasteiger partial charge in [0.25, 0.3) is 0 Å². The molecule has 8 N–H and O–H groups in total. The Morgan fingerprint density at radius 1 is 0.711 bits per heavy atom. The van der Waals surface area contributed by atoms with Crippen molar-refractivity contribution in [3.05, 3.63) is 29.8 Å². The molecule has 0 amide bonds. The van der Waals surface area contributed by atoms with Crippen molar-refractivity contribution in [2.75, 3.05) is 141 Å². The normalized spacial score (nSPS) is 20.5. The topological polar surface area (TPSA) is 186 Å². The van der Waals surface area contributed by atoms with E-state index in [1.807, 2.05) is 12.1 Å². The molecule has 0 bridgehead atoms. The van der Waals surface area contributed by atoms with Crippen molar-refractivity contribution in [3.8, 4) is 0 Å². The van der Waals surface area contributed by atoms with Crippen molar-refractivity contribution in [2.45, 2.75) is 12.5 Å². The van der Waals surface area contributed by atoms with Gasteiger partial charge >= 0.3 is 0 Å². The molecule has 3 heterocycles. The Morgan fingerprint density at radius 2 is 1.29 bits per heavy atom. The van der Waals surface area contributed by atoms with Crippen LogP contribution in [0.2, 0.25) is 0 Å². The summed E-state index contributed by atoms with van der Waals surface area (Å²) >= 11 is 0. The average molecular weight is 632 g/mol. The van der Waals surface area contributed by atoms with E-state index in [2.05, 4.69) is 62.2 Å². The number of aromatic nitrogens is 3. The second-order valence-electron chi connectivity index (χ2n) is 11.6. The van der Waals surface area contributed by atoms with Crippen molar-refractivity contribution in [1.82, 2.24) is 39.9 Å². The average Bonchev–Trinajstić information content (AvgIpc) is 3.04. The molecule has 252 valence electrons. The Kier molecular flexibility index (Phi) is 14.9. The monoisotopic (exact) mass is 631 g/mol. The molecule has 1 aromatic heterocycles. The van der Waals surface area contributed by atoms with Crippen LogP contribution in [0.3, 0.4) is 0 Å². The quantitative estimate of drug-likeness (QED) is 0.125. The highest BCUT2D eigenvalue weighted by atomic mass is 16.3. The molecule has 45 heavy (non-hydrogen) atoms. The first kappa shape index (κ1) is 35.1. The molecule has 0 saturated carbocycles. The van der Waals surface area contributed by atoms with Crippen LogP contribution in [-0.4, -0.2) is 186 Å². The molecule has 2 aliphatic heterocycles. The van der Waals surface area contributed by atoms with E-state index in [9.17, 15) is 20.4 Å². The summed E-state index contributed by atoms with van der Waals surface area (Å²) in [4.78, 5) is 24.4. The number of hydrogen-bond acceptors (Lipinski definition) is 15. The highest BCUT2D eigenvalue weighted by Crippen LogP contribution is 2.20. The third-order valence-corrected chi connectivity index (χ3v) is 8.51. The second-order valence-corrected chi connectivity index (χ2v) is 11.6. The lowest BCUT2D eigenvalue weighted by atomic mass is 10.0. The maximum Gasteiger partial charge on any atom is 0.233 e. The van der Waals surface area contributed by atoms with Crippen LogP contribution in [0, 0.1) is 0 Å². The maximum absolute atomic E-state index is 10.0. The van der Waals surface area contributed by atoms with E-state index < -0.39 is 0 Å². The molecule has 0 aliphatic carbocycles. The molecule has 15 nitrogen and oxygen atoms in total. The van der Waals surface area contributed by atoms with E-state index in [4.69, 9.17) is 5.73 Å². The number of hydrogen-bond donors (Lipinski definition) is 7. The van der Waals surface area contributed by atoms with Gasteiger partial charge in [0.15, 0.2) is 0 Å². The zero-order valence-corrected chi connectivity index (χ0v) is 26.5. The van der Waals surface area contributed by atoms with Gasteiger partial charge in [-0.1, -0.05) is 12.1 Å². The zero-order chi connectivity index (χ0) is 31.9. The molecule has 2 saturated heterocycles. The predicted octanol–water partition coefficient (Wildman–Crippen LogP) is -2.29. The molecule has 0 spiro atoms. The molecule has 1 aromatic carbocycles. The Morgan fingerprint density at radius 3 is 1.91 bits per heavy atom. The predicted molar refractivity (Wildman–Crippen MR) is 176 cm³/mol. The van der Waals surface area contributed by atoms with E-state index in [0.29, 0.717) is 38.1 Å². The van der Waals surface area contributed by atoms with Crippen LogP contribution in [0.15, 0.2) is 24.3 Å². The van der Waals surface area contributed by atoms with Crippen molar-refractivity contribution < 1.29 is 20.4 Å². The van der Waals surface area contributed by atoms with Gasteiger partial charge in [0.05, 0.1) is 26.4 Å². The van der Waals surface area contributed by atoms with Crippen molar-refractivity contribution >= 4 is 23.5 Å². The fourth-order valence-electron chi connectivity index (χ4n) is 6.01. The lowest BCUT2D eigenvalue weighted by Gasteiger charge is -2.38. The summed E-state index contributed by atoms with van der Waals surface area (Å²) < 4.78 is 0. The standard InChI is InChI=1S/C30H53N11O4/c31-28-34-29(36-30(35-28)41-7-5-32-6-8-41)33-26-3-1-25(2-4-26)23-27-24-39(17-21-44)12-11-37(15-19-42)9-10-38(16-20-43)13-14-40(27)18-22-45/h1-4,27,32,42-45H,5-24H2,(H3,31,33,34,35,36). The molecule has 1 unspecified atom stereocenters. The summed E-state index contributed by atoms with van der Waals surface area (Å²) in [6, 6.07) is 8.29. The fourth-order valence-corrected chi connectivity index (χ4v) is 6.01. The molecule has 0 radical (unpaired) electrons. The summed E-state index contributed by atoms with van der Waals surface area (Å²) in [6.07, 6.45) is 0.758. The number of aliphatic hydroxyl groups is 4. The lowest BCUT2D eigenvalue weighted by molar-refractivity contribution is 0.0699. The summed E-state index contributed by atoms with van der Waals surface area (Å²) in [7, 11) is 0. The number of rotatable bonds is 13. The molecule has 2 fully saturated rings. The minimum atomic E-state index is 0.0502. The Balaban J connectivity index is 1.49. The highest BCUT2D eigenvalue weighted by Gasteiger charge is 2.24. The van der Waals surface area contributed by atoms with E-state index in [1.54, 1.807) is 0 Å². The molecular formula is C30H53N11O4. The lowest BCUT2D eigenvalue weighted by Crippen LogP contribution is -2.52. The Labute approximate surface area is 266 Å². The molecule has 15 heteroatoms. The van der Waals surface area contributed by atoms with Gasteiger partial charge in [0.1, 0.15) is 0 Å². The van der Waals surface area contributed by atoms with Gasteiger partial charge in [-0.2, -0.15) is 15.0 Å². The first-order valence-corrected chi connectivity index (χ1v) is 16.2. The van der Waals surface area contributed by atoms with Crippen LogP contribution in [0.4, 0.5) is 23.5 Å². The number of nitrogen functional groups attached to an aromatic ring is 1. The fraction of sp³-hybridized carbons (Fsp3) is 0.700. The highest BCUT2D eigenvalue weighted by molar-refractivity contribution is 5.56. The van der Waals surface area contributed by atoms with Crippen LogP contribution < -0.4 is 21.3 Å². The molecule has 2 aliphatic rings. The number of nitrogens with two attached hydrogens (primary N) is 1.